The van der Waals surface area contributed by atoms with Crippen LogP contribution in [0.2, 0.25) is 0 Å². The van der Waals surface area contributed by atoms with E-state index in [2.05, 4.69) is 11.8 Å². The van der Waals surface area contributed by atoms with Gasteiger partial charge in [0.15, 0.2) is 0 Å². The van der Waals surface area contributed by atoms with Crippen molar-refractivity contribution in [1.82, 2.24) is 4.90 Å². The van der Waals surface area contributed by atoms with Crippen LogP contribution in [0.3, 0.4) is 0 Å². The van der Waals surface area contributed by atoms with Crippen LogP contribution < -0.4 is 0 Å². The van der Waals surface area contributed by atoms with Crippen molar-refractivity contribution in [3.8, 4) is 0 Å². The molecule has 0 aliphatic heterocycles. The van der Waals surface area contributed by atoms with Crippen molar-refractivity contribution < 1.29 is 14.3 Å². The molecule has 1 unspecified atom stereocenters. The van der Waals surface area contributed by atoms with Crippen LogP contribution in [-0.4, -0.2) is 50.3 Å². The highest BCUT2D eigenvalue weighted by Gasteiger charge is 2.28. The number of rotatable bonds is 7. The maximum Gasteiger partial charge on any atom is 0.319 e. The van der Waals surface area contributed by atoms with Gasteiger partial charge in [-0.05, 0) is 26.2 Å². The molecule has 0 N–H and O–H groups in total. The number of carbonyl (C=O) groups is 1. The first-order valence-electron chi connectivity index (χ1n) is 6.50. The molecule has 0 bridgehead atoms. The summed E-state index contributed by atoms with van der Waals surface area (Å²) in [6.45, 7) is 3.32. The highest BCUT2D eigenvalue weighted by molar-refractivity contribution is 5.71. The molecule has 1 rings (SSSR count). The molecule has 0 aromatic heterocycles. The lowest BCUT2D eigenvalue weighted by molar-refractivity contribution is -0.143. The van der Waals surface area contributed by atoms with Gasteiger partial charge < -0.3 is 9.47 Å². The van der Waals surface area contributed by atoms with E-state index in [4.69, 9.17) is 9.47 Å². The third-order valence-corrected chi connectivity index (χ3v) is 3.64. The highest BCUT2D eigenvalue weighted by atomic mass is 16.5. The van der Waals surface area contributed by atoms with E-state index >= 15 is 0 Å². The van der Waals surface area contributed by atoms with E-state index in [-0.39, 0.29) is 5.97 Å². The molecule has 0 radical (unpaired) electrons. The van der Waals surface area contributed by atoms with Crippen LogP contribution in [0.5, 0.6) is 0 Å². The van der Waals surface area contributed by atoms with Crippen LogP contribution in [0.1, 0.15) is 39.0 Å². The summed E-state index contributed by atoms with van der Waals surface area (Å²) in [4.78, 5) is 13.8. The van der Waals surface area contributed by atoms with Crippen LogP contribution in [-0.2, 0) is 14.3 Å². The molecule has 4 nitrogen and oxygen atoms in total. The standard InChI is InChI=1S/C13H25NO3/c1-11(8-9-16-2)14(10-13(15)17-3)12-6-4-5-7-12/h11-12H,4-10H2,1-3H3. The third-order valence-electron chi connectivity index (χ3n) is 3.64. The SMILES string of the molecule is COCCC(C)N(CC(=O)OC)C1CCCC1. The molecule has 1 aliphatic carbocycles. The Morgan fingerprint density at radius 2 is 2.00 bits per heavy atom. The van der Waals surface area contributed by atoms with Gasteiger partial charge in [-0.2, -0.15) is 0 Å². The Kier molecular flexibility index (Phi) is 6.52. The van der Waals surface area contributed by atoms with Gasteiger partial charge in [-0.1, -0.05) is 12.8 Å². The Balaban J connectivity index is 2.53. The van der Waals surface area contributed by atoms with Gasteiger partial charge >= 0.3 is 5.97 Å². The summed E-state index contributed by atoms with van der Waals surface area (Å²) in [5.74, 6) is -0.138. The summed E-state index contributed by atoms with van der Waals surface area (Å²) in [5, 5.41) is 0. The fraction of sp³-hybridized carbons (Fsp3) is 0.923. The Morgan fingerprint density at radius 3 is 2.53 bits per heavy atom. The van der Waals surface area contributed by atoms with E-state index in [0.29, 0.717) is 18.6 Å². The lowest BCUT2D eigenvalue weighted by Gasteiger charge is -2.33. The van der Waals surface area contributed by atoms with E-state index in [0.717, 1.165) is 13.0 Å². The largest absolute Gasteiger partial charge is 0.468 e. The van der Waals surface area contributed by atoms with E-state index < -0.39 is 0 Å². The molecule has 0 amide bonds. The molecular formula is C13H25NO3. The molecule has 100 valence electrons. The maximum atomic E-state index is 11.5. The number of esters is 1. The first-order valence-corrected chi connectivity index (χ1v) is 6.50. The summed E-state index contributed by atoms with van der Waals surface area (Å²) in [7, 11) is 3.17. The predicted octanol–water partition coefficient (Wildman–Crippen LogP) is 1.83. The minimum absolute atomic E-state index is 0.138. The minimum atomic E-state index is -0.138. The van der Waals surface area contributed by atoms with Crippen molar-refractivity contribution >= 4 is 5.97 Å². The quantitative estimate of drug-likeness (QED) is 0.639. The molecular weight excluding hydrogens is 218 g/mol. The van der Waals surface area contributed by atoms with Crippen LogP contribution >= 0.6 is 0 Å². The average Bonchev–Trinajstić information content (AvgIpc) is 2.86. The second kappa shape index (κ2) is 7.67. The van der Waals surface area contributed by atoms with Crippen molar-refractivity contribution in [3.63, 3.8) is 0 Å². The molecule has 0 saturated heterocycles. The molecule has 4 heteroatoms. The molecule has 0 aromatic rings. The average molecular weight is 243 g/mol. The molecule has 1 fully saturated rings. The molecule has 1 atom stereocenters. The number of ether oxygens (including phenoxy) is 2. The van der Waals surface area contributed by atoms with Crippen LogP contribution in [0.25, 0.3) is 0 Å². The summed E-state index contributed by atoms with van der Waals surface area (Å²) >= 11 is 0. The zero-order valence-corrected chi connectivity index (χ0v) is 11.3. The highest BCUT2D eigenvalue weighted by Crippen LogP contribution is 2.25. The molecule has 0 aromatic carbocycles. The lowest BCUT2D eigenvalue weighted by Crippen LogP contribution is -2.44. The molecule has 17 heavy (non-hydrogen) atoms. The first-order chi connectivity index (χ1) is 8.19. The van der Waals surface area contributed by atoms with Gasteiger partial charge in [-0.3, -0.25) is 9.69 Å². The van der Waals surface area contributed by atoms with Crippen LogP contribution in [0.15, 0.2) is 0 Å². The summed E-state index contributed by atoms with van der Waals surface area (Å²) in [6.07, 6.45) is 5.92. The number of nitrogens with zero attached hydrogens (tertiary/aromatic N) is 1. The third kappa shape index (κ3) is 4.64. The first kappa shape index (κ1) is 14.5. The van der Waals surface area contributed by atoms with Crippen molar-refractivity contribution in [2.75, 3.05) is 27.4 Å². The predicted molar refractivity (Wildman–Crippen MR) is 66.9 cm³/mol. The van der Waals surface area contributed by atoms with Gasteiger partial charge in [0.2, 0.25) is 0 Å². The number of hydrogen-bond acceptors (Lipinski definition) is 4. The van der Waals surface area contributed by atoms with E-state index in [1.165, 1.54) is 32.8 Å². The van der Waals surface area contributed by atoms with E-state index in [9.17, 15) is 4.79 Å². The molecule has 0 heterocycles. The van der Waals surface area contributed by atoms with Crippen molar-refractivity contribution in [2.24, 2.45) is 0 Å². The molecule has 1 saturated carbocycles. The fourth-order valence-corrected chi connectivity index (χ4v) is 2.55. The van der Waals surface area contributed by atoms with Gasteiger partial charge in [-0.15, -0.1) is 0 Å². The normalized spacial score (nSPS) is 18.6. The maximum absolute atomic E-state index is 11.5. The van der Waals surface area contributed by atoms with Crippen molar-refractivity contribution in [1.29, 1.82) is 0 Å². The second-order valence-corrected chi connectivity index (χ2v) is 4.82. The van der Waals surface area contributed by atoms with Crippen LogP contribution in [0.4, 0.5) is 0 Å². The Hall–Kier alpha value is -0.610. The van der Waals surface area contributed by atoms with Gasteiger partial charge in [0.1, 0.15) is 0 Å². The summed E-state index contributed by atoms with van der Waals surface area (Å²) < 4.78 is 9.90. The van der Waals surface area contributed by atoms with Crippen LogP contribution in [0, 0.1) is 0 Å². The lowest BCUT2D eigenvalue weighted by atomic mass is 10.1. The molecule has 0 spiro atoms. The zero-order chi connectivity index (χ0) is 12.7. The van der Waals surface area contributed by atoms with Gasteiger partial charge in [0.25, 0.3) is 0 Å². The van der Waals surface area contributed by atoms with Gasteiger partial charge in [0.05, 0.1) is 13.7 Å². The second-order valence-electron chi connectivity index (χ2n) is 4.82. The summed E-state index contributed by atoms with van der Waals surface area (Å²) in [5.41, 5.74) is 0. The zero-order valence-electron chi connectivity index (χ0n) is 11.3. The topological polar surface area (TPSA) is 38.8 Å². The number of methoxy groups -OCH3 is 2. The van der Waals surface area contributed by atoms with E-state index in [1.807, 2.05) is 0 Å². The number of carbonyl (C=O) groups excluding carboxylic acids is 1. The Labute approximate surface area is 104 Å². The van der Waals surface area contributed by atoms with Crippen molar-refractivity contribution in [2.45, 2.75) is 51.1 Å². The monoisotopic (exact) mass is 243 g/mol. The smallest absolute Gasteiger partial charge is 0.319 e. The number of hydrogen-bond donors (Lipinski definition) is 0. The summed E-state index contributed by atoms with van der Waals surface area (Å²) in [6, 6.07) is 0.915. The van der Waals surface area contributed by atoms with Crippen molar-refractivity contribution in [3.05, 3.63) is 0 Å². The fourth-order valence-electron chi connectivity index (χ4n) is 2.55. The minimum Gasteiger partial charge on any atom is -0.468 e. The van der Waals surface area contributed by atoms with E-state index in [1.54, 1.807) is 7.11 Å². The Bertz CT molecular complexity index is 227. The van der Waals surface area contributed by atoms with Gasteiger partial charge in [-0.25, -0.2) is 0 Å². The van der Waals surface area contributed by atoms with Gasteiger partial charge in [0, 0.05) is 25.8 Å². The molecule has 1 aliphatic rings. The Morgan fingerprint density at radius 1 is 1.35 bits per heavy atom.